The summed E-state index contributed by atoms with van der Waals surface area (Å²) in [5.41, 5.74) is 1.31. The van der Waals surface area contributed by atoms with Gasteiger partial charge in [-0.05, 0) is 19.9 Å². The van der Waals surface area contributed by atoms with Crippen LogP contribution in [0.15, 0.2) is 23.3 Å². The lowest BCUT2D eigenvalue weighted by atomic mass is 10.2. The molecule has 1 atom stereocenters. The first-order valence-corrected chi connectivity index (χ1v) is 7.34. The molecule has 0 radical (unpaired) electrons. The summed E-state index contributed by atoms with van der Waals surface area (Å²) < 4.78 is 4.84. The Hall–Kier alpha value is -3.57. The standard InChI is InChI=1S/C14H17N5O7/c1-4-26-14(21)13(15-9(3)20)8(2)16-17-11-6-5-10(18(22)23)7-12(11)19(24)25/h5-7,13,17H,4H2,1-3H3,(H,15,20)/b16-8+. The predicted octanol–water partition coefficient (Wildman–Crippen LogP) is 1.36. The summed E-state index contributed by atoms with van der Waals surface area (Å²) in [6.45, 7) is 4.28. The molecule has 1 amide bonds. The minimum atomic E-state index is -1.18. The van der Waals surface area contributed by atoms with Gasteiger partial charge in [-0.25, -0.2) is 4.79 Å². The van der Waals surface area contributed by atoms with Crippen molar-refractivity contribution in [3.8, 4) is 0 Å². The van der Waals surface area contributed by atoms with Gasteiger partial charge in [-0.15, -0.1) is 0 Å². The first kappa shape index (κ1) is 20.5. The molecule has 12 nitrogen and oxygen atoms in total. The lowest BCUT2D eigenvalue weighted by Gasteiger charge is -2.16. The van der Waals surface area contributed by atoms with E-state index >= 15 is 0 Å². The van der Waals surface area contributed by atoms with Gasteiger partial charge in [-0.2, -0.15) is 5.10 Å². The lowest BCUT2D eigenvalue weighted by molar-refractivity contribution is -0.393. The van der Waals surface area contributed by atoms with Crippen molar-refractivity contribution in [3.63, 3.8) is 0 Å². The van der Waals surface area contributed by atoms with Gasteiger partial charge in [0.1, 0.15) is 5.69 Å². The fourth-order valence-corrected chi connectivity index (χ4v) is 1.85. The molecule has 0 saturated carbocycles. The number of nitro groups is 2. The Morgan fingerprint density at radius 3 is 2.38 bits per heavy atom. The summed E-state index contributed by atoms with van der Waals surface area (Å²) in [5.74, 6) is -1.25. The minimum Gasteiger partial charge on any atom is -0.464 e. The van der Waals surface area contributed by atoms with E-state index in [1.54, 1.807) is 6.92 Å². The number of non-ortho nitro benzene ring substituents is 1. The van der Waals surface area contributed by atoms with Gasteiger partial charge in [-0.3, -0.25) is 30.4 Å². The molecule has 1 unspecified atom stereocenters. The highest BCUT2D eigenvalue weighted by Gasteiger charge is 2.25. The Balaban J connectivity index is 3.12. The van der Waals surface area contributed by atoms with Crippen molar-refractivity contribution in [3.05, 3.63) is 38.4 Å². The van der Waals surface area contributed by atoms with Gasteiger partial charge in [0, 0.05) is 13.0 Å². The number of hydrogen-bond donors (Lipinski definition) is 2. The number of ether oxygens (including phenoxy) is 1. The van der Waals surface area contributed by atoms with Crippen LogP contribution in [0.3, 0.4) is 0 Å². The quantitative estimate of drug-likeness (QED) is 0.300. The first-order valence-electron chi connectivity index (χ1n) is 7.34. The number of carbonyl (C=O) groups is 2. The number of nitrogens with one attached hydrogen (secondary N) is 2. The molecule has 1 aromatic rings. The maximum absolute atomic E-state index is 11.9. The number of hydrazone groups is 1. The molecule has 0 fully saturated rings. The van der Waals surface area contributed by atoms with Gasteiger partial charge < -0.3 is 10.1 Å². The van der Waals surface area contributed by atoms with Crippen LogP contribution in [0, 0.1) is 20.2 Å². The van der Waals surface area contributed by atoms with Gasteiger partial charge >= 0.3 is 11.7 Å². The molecule has 1 rings (SSSR count). The van der Waals surface area contributed by atoms with Crippen LogP contribution in [0.1, 0.15) is 20.8 Å². The van der Waals surface area contributed by atoms with E-state index in [0.29, 0.717) is 0 Å². The molecule has 0 spiro atoms. The van der Waals surface area contributed by atoms with E-state index in [1.165, 1.54) is 13.8 Å². The largest absolute Gasteiger partial charge is 0.464 e. The summed E-state index contributed by atoms with van der Waals surface area (Å²) in [5, 5.41) is 28.0. The Kier molecular flexibility index (Phi) is 7.13. The van der Waals surface area contributed by atoms with Gasteiger partial charge in [0.2, 0.25) is 5.91 Å². The van der Waals surface area contributed by atoms with Crippen molar-refractivity contribution in [1.29, 1.82) is 0 Å². The number of amides is 1. The third-order valence-electron chi connectivity index (χ3n) is 3.03. The smallest absolute Gasteiger partial charge is 0.334 e. The molecule has 0 aromatic heterocycles. The lowest BCUT2D eigenvalue weighted by Crippen LogP contribution is -2.46. The van der Waals surface area contributed by atoms with E-state index in [9.17, 15) is 29.8 Å². The maximum atomic E-state index is 11.9. The number of hydrogen-bond acceptors (Lipinski definition) is 9. The summed E-state index contributed by atoms with van der Waals surface area (Å²) in [4.78, 5) is 43.4. The SMILES string of the molecule is CCOC(=O)C(NC(C)=O)/C(C)=N/Nc1ccc([N+](=O)[O-])cc1[N+](=O)[O-]. The van der Waals surface area contributed by atoms with Gasteiger partial charge in [-0.1, -0.05) is 0 Å². The molecule has 0 bridgehead atoms. The molecule has 0 saturated heterocycles. The van der Waals surface area contributed by atoms with Crippen LogP contribution in [0.5, 0.6) is 0 Å². The average Bonchev–Trinajstić information content (AvgIpc) is 2.57. The Morgan fingerprint density at radius 1 is 1.23 bits per heavy atom. The van der Waals surface area contributed by atoms with Crippen molar-refractivity contribution in [1.82, 2.24) is 5.32 Å². The highest BCUT2D eigenvalue weighted by molar-refractivity contribution is 6.07. The molecule has 26 heavy (non-hydrogen) atoms. The van der Waals surface area contributed by atoms with Crippen LogP contribution in [0.4, 0.5) is 17.1 Å². The minimum absolute atomic E-state index is 0.0753. The van der Waals surface area contributed by atoms with E-state index in [4.69, 9.17) is 4.74 Å². The highest BCUT2D eigenvalue weighted by atomic mass is 16.6. The van der Waals surface area contributed by atoms with Gasteiger partial charge in [0.05, 0.1) is 28.2 Å². The molecule has 0 aliphatic heterocycles. The van der Waals surface area contributed by atoms with Crippen LogP contribution < -0.4 is 10.7 Å². The molecular weight excluding hydrogens is 350 g/mol. The first-order chi connectivity index (χ1) is 12.2. The molecule has 140 valence electrons. The van der Waals surface area contributed by atoms with E-state index < -0.39 is 39.1 Å². The number of nitrogens with zero attached hydrogens (tertiary/aromatic N) is 3. The Labute approximate surface area is 147 Å². The molecule has 0 heterocycles. The molecular formula is C14H17N5O7. The van der Waals surface area contributed by atoms with Crippen LogP contribution >= 0.6 is 0 Å². The zero-order valence-corrected chi connectivity index (χ0v) is 14.2. The zero-order chi connectivity index (χ0) is 19.9. The predicted molar refractivity (Wildman–Crippen MR) is 90.7 cm³/mol. The maximum Gasteiger partial charge on any atom is 0.334 e. The van der Waals surface area contributed by atoms with E-state index in [0.717, 1.165) is 18.2 Å². The molecule has 0 aliphatic rings. The second kappa shape index (κ2) is 9.05. The monoisotopic (exact) mass is 367 g/mol. The molecule has 1 aromatic carbocycles. The number of rotatable bonds is 8. The summed E-state index contributed by atoms with van der Waals surface area (Å²) >= 11 is 0. The van der Waals surface area contributed by atoms with E-state index in [-0.39, 0.29) is 18.0 Å². The number of nitro benzene ring substituents is 2. The number of benzene rings is 1. The van der Waals surface area contributed by atoms with Crippen molar-refractivity contribution < 1.29 is 24.2 Å². The van der Waals surface area contributed by atoms with Crippen molar-refractivity contribution in [2.45, 2.75) is 26.8 Å². The third-order valence-corrected chi connectivity index (χ3v) is 3.03. The van der Waals surface area contributed by atoms with Crippen molar-refractivity contribution >= 4 is 34.7 Å². The molecule has 2 N–H and O–H groups in total. The fraction of sp³-hybridized carbons (Fsp3) is 0.357. The van der Waals surface area contributed by atoms with E-state index in [2.05, 4.69) is 15.8 Å². The van der Waals surface area contributed by atoms with Gasteiger partial charge in [0.15, 0.2) is 6.04 Å². The van der Waals surface area contributed by atoms with Crippen LogP contribution in [0.2, 0.25) is 0 Å². The number of esters is 1. The number of anilines is 1. The topological polar surface area (TPSA) is 166 Å². The average molecular weight is 367 g/mol. The summed E-state index contributed by atoms with van der Waals surface area (Å²) in [6, 6.07) is 1.78. The Morgan fingerprint density at radius 2 is 1.88 bits per heavy atom. The molecule has 0 aliphatic carbocycles. The second-order valence-corrected chi connectivity index (χ2v) is 4.97. The van der Waals surface area contributed by atoms with E-state index in [1.807, 2.05) is 0 Å². The number of carbonyl (C=O) groups excluding carboxylic acids is 2. The van der Waals surface area contributed by atoms with Crippen molar-refractivity contribution in [2.75, 3.05) is 12.0 Å². The van der Waals surface area contributed by atoms with Crippen molar-refractivity contribution in [2.24, 2.45) is 5.10 Å². The zero-order valence-electron chi connectivity index (χ0n) is 14.2. The highest BCUT2D eigenvalue weighted by Crippen LogP contribution is 2.28. The van der Waals surface area contributed by atoms with Crippen LogP contribution in [-0.2, 0) is 14.3 Å². The summed E-state index contributed by atoms with van der Waals surface area (Å²) in [7, 11) is 0. The fourth-order valence-electron chi connectivity index (χ4n) is 1.85. The van der Waals surface area contributed by atoms with Crippen LogP contribution in [0.25, 0.3) is 0 Å². The third kappa shape index (κ3) is 5.51. The van der Waals surface area contributed by atoms with Gasteiger partial charge in [0.25, 0.3) is 5.69 Å². The normalized spacial score (nSPS) is 12.0. The molecule has 12 heteroatoms. The second-order valence-electron chi connectivity index (χ2n) is 4.97. The summed E-state index contributed by atoms with van der Waals surface area (Å²) in [6.07, 6.45) is 0. The Bertz CT molecular complexity index is 762. The van der Waals surface area contributed by atoms with Crippen LogP contribution in [-0.4, -0.2) is 40.1 Å².